The largest absolute Gasteiger partial charge is 0.394 e. The molecule has 0 saturated carbocycles. The molecule has 0 aromatic heterocycles. The van der Waals surface area contributed by atoms with Crippen molar-refractivity contribution in [3.63, 3.8) is 0 Å². The van der Waals surface area contributed by atoms with Crippen LogP contribution in [0, 0.1) is 0 Å². The predicted octanol–water partition coefficient (Wildman–Crippen LogP) is -4.41. The van der Waals surface area contributed by atoms with Gasteiger partial charge >= 0.3 is 0 Å². The van der Waals surface area contributed by atoms with Crippen LogP contribution in [0.2, 0.25) is 0 Å². The summed E-state index contributed by atoms with van der Waals surface area (Å²) in [7, 11) is 0. The van der Waals surface area contributed by atoms with Crippen LogP contribution in [-0.2, 0) is 14.2 Å². The normalized spacial score (nSPS) is 50.5. The first-order chi connectivity index (χ1) is 11.2. The van der Waals surface area contributed by atoms with Gasteiger partial charge < -0.3 is 50.3 Å². The summed E-state index contributed by atoms with van der Waals surface area (Å²) in [6.07, 6.45) is -11.9. The molecule has 0 aliphatic carbocycles. The molecule has 0 aromatic carbocycles. The third kappa shape index (κ3) is 3.89. The van der Waals surface area contributed by atoms with Gasteiger partial charge in [0.25, 0.3) is 5.25 Å². The highest BCUT2D eigenvalue weighted by Gasteiger charge is 2.63. The molecular weight excluding hydrogens is 391 g/mol. The van der Waals surface area contributed by atoms with Gasteiger partial charge in [0.05, 0.1) is 13.2 Å². The van der Waals surface area contributed by atoms with E-state index in [9.17, 15) is 30.6 Å². The van der Waals surface area contributed by atoms with Crippen LogP contribution in [0.1, 0.15) is 0 Å². The van der Waals surface area contributed by atoms with E-state index in [0.29, 0.717) is 0 Å². The number of aliphatic hydroxyl groups is 8. The first kappa shape index (κ1) is 23.2. The van der Waals surface area contributed by atoms with Crippen molar-refractivity contribution in [1.29, 1.82) is 0 Å². The molecule has 2 aliphatic rings. The fourth-order valence-corrected chi connectivity index (χ4v) is 3.05. The Labute approximate surface area is 153 Å². The predicted molar refractivity (Wildman–Crippen MR) is 80.7 cm³/mol. The first-order valence-electron chi connectivity index (χ1n) is 7.13. The van der Waals surface area contributed by atoms with Gasteiger partial charge in [0.15, 0.2) is 6.10 Å². The van der Waals surface area contributed by atoms with E-state index in [0.717, 1.165) is 0 Å². The van der Waals surface area contributed by atoms with Crippen molar-refractivity contribution in [3.05, 3.63) is 0 Å². The second kappa shape index (κ2) is 8.44. The Bertz CT molecular complexity index is 443. The molecule has 8 N–H and O–H groups in total. The Balaban J connectivity index is 0.00000312. The summed E-state index contributed by atoms with van der Waals surface area (Å²) < 4.78 is 15.3. The van der Waals surface area contributed by atoms with Gasteiger partial charge in [-0.2, -0.15) is 0 Å². The van der Waals surface area contributed by atoms with E-state index in [1.807, 2.05) is 0 Å². The van der Waals surface area contributed by atoms with Crippen LogP contribution in [-0.4, -0.2) is 114 Å². The summed E-state index contributed by atoms with van der Waals surface area (Å²) in [5.41, 5.74) is 0. The summed E-state index contributed by atoms with van der Waals surface area (Å²) >= 11 is 5.99. The lowest BCUT2D eigenvalue weighted by molar-refractivity contribution is -0.402. The number of ether oxygens (including phenoxy) is 3. The average Bonchev–Trinajstić information content (AvgIpc) is 2.81. The van der Waals surface area contributed by atoms with E-state index in [1.165, 1.54) is 0 Å². The number of rotatable bonds is 5. The number of alkyl halides is 1. The Kier molecular flexibility index (Phi) is 7.82. The first-order valence-corrected chi connectivity index (χ1v) is 7.51. The van der Waals surface area contributed by atoms with Crippen molar-refractivity contribution in [1.82, 2.24) is 0 Å². The molecule has 0 radical (unpaired) electrons. The molecule has 0 aromatic rings. The molecule has 0 bridgehead atoms. The minimum atomic E-state index is -2.64. The SMILES string of the molecule is Cl.OC[C@H]1OC(CO)(O[C@]2(Cl)O[C@H](CO)[C@@H](O)[C@H](O)[C@H]2O)[C@@H](O)[C@@H]1O. The summed E-state index contributed by atoms with van der Waals surface area (Å²) in [5, 5.41) is 74.5. The molecular formula is C12H22Cl2O11. The molecule has 2 fully saturated rings. The van der Waals surface area contributed by atoms with Crippen LogP contribution < -0.4 is 0 Å². The minimum Gasteiger partial charge on any atom is -0.394 e. The zero-order valence-corrected chi connectivity index (χ0v) is 14.3. The van der Waals surface area contributed by atoms with Crippen LogP contribution in [0.4, 0.5) is 0 Å². The third-order valence-electron chi connectivity index (χ3n) is 4.12. The summed E-state index contributed by atoms with van der Waals surface area (Å²) in [4.78, 5) is 0. The van der Waals surface area contributed by atoms with Crippen molar-refractivity contribution in [2.75, 3.05) is 19.8 Å². The van der Waals surface area contributed by atoms with Gasteiger partial charge in [0.1, 0.15) is 43.2 Å². The second-order valence-corrected chi connectivity index (χ2v) is 6.22. The van der Waals surface area contributed by atoms with E-state index in [4.69, 9.17) is 36.0 Å². The number of hydrogen-bond donors (Lipinski definition) is 8. The van der Waals surface area contributed by atoms with E-state index in [1.54, 1.807) is 0 Å². The molecule has 11 nitrogen and oxygen atoms in total. The zero-order chi connectivity index (χ0) is 18.3. The fraction of sp³-hybridized carbons (Fsp3) is 1.00. The Morgan fingerprint density at radius 1 is 0.800 bits per heavy atom. The quantitative estimate of drug-likeness (QED) is 0.203. The highest BCUT2D eigenvalue weighted by molar-refractivity contribution is 6.22. The van der Waals surface area contributed by atoms with Crippen molar-refractivity contribution in [2.45, 2.75) is 53.8 Å². The third-order valence-corrected chi connectivity index (χ3v) is 4.51. The molecule has 2 saturated heterocycles. The lowest BCUT2D eigenvalue weighted by atomic mass is 9.98. The number of hydrogen-bond acceptors (Lipinski definition) is 11. The highest BCUT2D eigenvalue weighted by Crippen LogP contribution is 2.42. The van der Waals surface area contributed by atoms with Crippen molar-refractivity contribution in [2.24, 2.45) is 0 Å². The smallest absolute Gasteiger partial charge is 0.281 e. The average molecular weight is 413 g/mol. The van der Waals surface area contributed by atoms with Gasteiger partial charge in [-0.3, -0.25) is 4.74 Å². The summed E-state index contributed by atoms with van der Waals surface area (Å²) in [6.45, 7) is -2.57. The standard InChI is InChI=1S/C12H21ClO11.ClH/c13-12(10(21)8(19)6(17)4(1-14)23-12)24-11(3-16)9(20)7(18)5(2-15)22-11;/h4-10,14-21H,1-3H2;1H/t4-,5-,6-,7-,8+,9+,10-,11?,12-;/m1./s1. The van der Waals surface area contributed by atoms with E-state index in [-0.39, 0.29) is 12.4 Å². The van der Waals surface area contributed by atoms with Gasteiger partial charge in [0, 0.05) is 0 Å². The monoisotopic (exact) mass is 412 g/mol. The maximum Gasteiger partial charge on any atom is 0.281 e. The van der Waals surface area contributed by atoms with Gasteiger partial charge in [-0.15, -0.1) is 12.4 Å². The second-order valence-electron chi connectivity index (χ2n) is 5.69. The van der Waals surface area contributed by atoms with Gasteiger partial charge in [0.2, 0.25) is 5.79 Å². The fourth-order valence-electron chi connectivity index (χ4n) is 2.67. The van der Waals surface area contributed by atoms with E-state index < -0.39 is 73.6 Å². The molecule has 25 heavy (non-hydrogen) atoms. The minimum absolute atomic E-state index is 0. The van der Waals surface area contributed by atoms with Gasteiger partial charge in [-0.1, -0.05) is 11.6 Å². The zero-order valence-electron chi connectivity index (χ0n) is 12.8. The molecule has 2 rings (SSSR count). The lowest BCUT2D eigenvalue weighted by Gasteiger charge is -2.47. The molecule has 2 heterocycles. The maximum atomic E-state index is 10.1. The van der Waals surface area contributed by atoms with Crippen LogP contribution in [0.3, 0.4) is 0 Å². The van der Waals surface area contributed by atoms with E-state index in [2.05, 4.69) is 0 Å². The topological polar surface area (TPSA) is 190 Å². The van der Waals surface area contributed by atoms with Crippen molar-refractivity contribution < 1.29 is 55.1 Å². The van der Waals surface area contributed by atoms with Crippen LogP contribution in [0.5, 0.6) is 0 Å². The molecule has 1 unspecified atom stereocenters. The number of halogens is 2. The molecule has 0 spiro atoms. The van der Waals surface area contributed by atoms with Gasteiger partial charge in [-0.25, -0.2) is 0 Å². The molecule has 0 amide bonds. The lowest BCUT2D eigenvalue weighted by Crippen LogP contribution is -2.67. The molecule has 150 valence electrons. The summed E-state index contributed by atoms with van der Waals surface area (Å²) in [5.74, 6) is -2.39. The molecule has 9 atom stereocenters. The van der Waals surface area contributed by atoms with Crippen molar-refractivity contribution >= 4 is 24.0 Å². The maximum absolute atomic E-state index is 10.1. The Morgan fingerprint density at radius 3 is 1.76 bits per heavy atom. The van der Waals surface area contributed by atoms with Crippen molar-refractivity contribution in [3.8, 4) is 0 Å². The summed E-state index contributed by atoms with van der Waals surface area (Å²) in [6, 6.07) is 0. The Morgan fingerprint density at radius 2 is 1.32 bits per heavy atom. The Hall–Kier alpha value is 0.140. The number of aliphatic hydroxyl groups excluding tert-OH is 8. The van der Waals surface area contributed by atoms with Crippen LogP contribution in [0.25, 0.3) is 0 Å². The van der Waals surface area contributed by atoms with E-state index >= 15 is 0 Å². The highest BCUT2D eigenvalue weighted by atomic mass is 35.5. The van der Waals surface area contributed by atoms with Gasteiger partial charge in [-0.05, 0) is 0 Å². The van der Waals surface area contributed by atoms with Crippen LogP contribution >= 0.6 is 24.0 Å². The van der Waals surface area contributed by atoms with Crippen LogP contribution in [0.15, 0.2) is 0 Å². The molecule has 13 heteroatoms. The molecule has 2 aliphatic heterocycles.